The van der Waals surface area contributed by atoms with Crippen molar-refractivity contribution in [1.82, 2.24) is 0 Å². The molecular formula is C18H12N2O6. The normalized spacial score (nSPS) is 11.3. The number of oxime groups is 1. The molecule has 3 rings (SSSR count). The van der Waals surface area contributed by atoms with E-state index < -0.39 is 16.5 Å². The van der Waals surface area contributed by atoms with E-state index in [0.29, 0.717) is 11.0 Å². The zero-order valence-electron chi connectivity index (χ0n) is 13.5. The highest BCUT2D eigenvalue weighted by molar-refractivity contribution is 6.00. The molecule has 3 aromatic rings. The Morgan fingerprint density at radius 3 is 2.69 bits per heavy atom. The van der Waals surface area contributed by atoms with Gasteiger partial charge in [0.2, 0.25) is 0 Å². The standard InChI is InChI=1S/C18H12N2O6/c1-11(15-10-12-5-2-3-8-16(12)25-18(15)22)19-26-17(21)13-6-4-7-14(9-13)20(23)24/h2-10H,1H3/b19-11-. The van der Waals surface area contributed by atoms with Gasteiger partial charge in [0.25, 0.3) is 5.69 Å². The van der Waals surface area contributed by atoms with Gasteiger partial charge in [-0.05, 0) is 25.1 Å². The molecule has 1 aromatic heterocycles. The quantitative estimate of drug-likeness (QED) is 0.234. The first kappa shape index (κ1) is 17.0. The summed E-state index contributed by atoms with van der Waals surface area (Å²) in [6, 6.07) is 13.6. The molecule has 0 aliphatic heterocycles. The molecule has 2 aromatic carbocycles. The molecule has 0 spiro atoms. The van der Waals surface area contributed by atoms with Crippen molar-refractivity contribution in [3.63, 3.8) is 0 Å². The first-order chi connectivity index (χ1) is 12.5. The fourth-order valence-electron chi connectivity index (χ4n) is 2.27. The number of benzene rings is 2. The van der Waals surface area contributed by atoms with E-state index in [1.54, 1.807) is 30.3 Å². The number of para-hydroxylation sites is 1. The Labute approximate surface area is 146 Å². The van der Waals surface area contributed by atoms with Gasteiger partial charge in [0.1, 0.15) is 5.58 Å². The molecule has 0 aliphatic carbocycles. The van der Waals surface area contributed by atoms with E-state index in [-0.39, 0.29) is 22.5 Å². The topological polar surface area (TPSA) is 112 Å². The molecule has 8 nitrogen and oxygen atoms in total. The molecule has 26 heavy (non-hydrogen) atoms. The van der Waals surface area contributed by atoms with Crippen molar-refractivity contribution in [1.29, 1.82) is 0 Å². The predicted octanol–water partition coefficient (Wildman–Crippen LogP) is 3.28. The number of nitro groups is 1. The van der Waals surface area contributed by atoms with Crippen LogP contribution in [0.15, 0.2) is 69.0 Å². The SMILES string of the molecule is C/C(=N/OC(=O)c1cccc([N+](=O)[O-])c1)c1cc2ccccc2oc1=O. The number of nitro benzene ring substituents is 1. The van der Waals surface area contributed by atoms with E-state index in [2.05, 4.69) is 5.16 Å². The highest BCUT2D eigenvalue weighted by Gasteiger charge is 2.14. The number of fused-ring (bicyclic) bond motifs is 1. The van der Waals surface area contributed by atoms with Crippen molar-refractivity contribution >= 4 is 28.3 Å². The van der Waals surface area contributed by atoms with Crippen molar-refractivity contribution in [3.05, 3.63) is 86.3 Å². The average molecular weight is 352 g/mol. The third-order valence-electron chi connectivity index (χ3n) is 3.59. The summed E-state index contributed by atoms with van der Waals surface area (Å²) in [5.41, 5.74) is -0.158. The average Bonchev–Trinajstić information content (AvgIpc) is 2.65. The van der Waals surface area contributed by atoms with Gasteiger partial charge in [-0.1, -0.05) is 29.4 Å². The van der Waals surface area contributed by atoms with Gasteiger partial charge in [0.05, 0.1) is 21.8 Å². The Balaban J connectivity index is 1.85. The third kappa shape index (κ3) is 3.48. The van der Waals surface area contributed by atoms with Crippen LogP contribution in [-0.4, -0.2) is 16.6 Å². The van der Waals surface area contributed by atoms with Gasteiger partial charge in [-0.3, -0.25) is 10.1 Å². The minimum atomic E-state index is -0.877. The van der Waals surface area contributed by atoms with Crippen LogP contribution >= 0.6 is 0 Å². The number of non-ortho nitro benzene ring substituents is 1. The molecule has 0 unspecified atom stereocenters. The molecule has 0 atom stereocenters. The maximum atomic E-state index is 12.0. The zero-order valence-corrected chi connectivity index (χ0v) is 13.5. The zero-order chi connectivity index (χ0) is 18.7. The maximum absolute atomic E-state index is 12.0. The van der Waals surface area contributed by atoms with Crippen molar-refractivity contribution in [2.75, 3.05) is 0 Å². The summed E-state index contributed by atoms with van der Waals surface area (Å²) in [6.45, 7) is 1.49. The van der Waals surface area contributed by atoms with Crippen molar-refractivity contribution in [3.8, 4) is 0 Å². The van der Waals surface area contributed by atoms with E-state index in [1.165, 1.54) is 25.1 Å². The molecule has 0 saturated heterocycles. The summed E-state index contributed by atoms with van der Waals surface area (Å²) in [5, 5.41) is 15.1. The molecule has 0 N–H and O–H groups in total. The number of rotatable bonds is 4. The van der Waals surface area contributed by atoms with Crippen LogP contribution in [0.1, 0.15) is 22.8 Å². The summed E-state index contributed by atoms with van der Waals surface area (Å²) in [7, 11) is 0. The summed E-state index contributed by atoms with van der Waals surface area (Å²) in [6.07, 6.45) is 0. The molecule has 0 fully saturated rings. The maximum Gasteiger partial charge on any atom is 0.365 e. The second-order valence-corrected chi connectivity index (χ2v) is 5.35. The summed E-state index contributed by atoms with van der Waals surface area (Å²) < 4.78 is 5.20. The van der Waals surface area contributed by atoms with E-state index in [1.807, 2.05) is 0 Å². The molecule has 0 saturated carbocycles. The minimum Gasteiger partial charge on any atom is -0.422 e. The van der Waals surface area contributed by atoms with Crippen molar-refractivity contribution in [2.45, 2.75) is 6.92 Å². The Morgan fingerprint density at radius 1 is 1.15 bits per heavy atom. The van der Waals surface area contributed by atoms with Gasteiger partial charge in [-0.15, -0.1) is 0 Å². The molecular weight excluding hydrogens is 340 g/mol. The number of hydrogen-bond acceptors (Lipinski definition) is 7. The van der Waals surface area contributed by atoms with Crippen LogP contribution in [0.4, 0.5) is 5.69 Å². The van der Waals surface area contributed by atoms with Gasteiger partial charge in [-0.25, -0.2) is 9.59 Å². The Hall–Kier alpha value is -3.81. The molecule has 0 amide bonds. The van der Waals surface area contributed by atoms with Gasteiger partial charge in [0, 0.05) is 17.5 Å². The second-order valence-electron chi connectivity index (χ2n) is 5.35. The van der Waals surface area contributed by atoms with Gasteiger partial charge >= 0.3 is 11.6 Å². The van der Waals surface area contributed by atoms with E-state index in [4.69, 9.17) is 9.25 Å². The Morgan fingerprint density at radius 2 is 1.92 bits per heavy atom. The summed E-state index contributed by atoms with van der Waals surface area (Å²) in [4.78, 5) is 39.0. The summed E-state index contributed by atoms with van der Waals surface area (Å²) >= 11 is 0. The summed E-state index contributed by atoms with van der Waals surface area (Å²) in [5.74, 6) is -0.877. The van der Waals surface area contributed by atoms with Crippen LogP contribution in [0.25, 0.3) is 11.0 Å². The molecule has 130 valence electrons. The van der Waals surface area contributed by atoms with Crippen LogP contribution in [0.3, 0.4) is 0 Å². The third-order valence-corrected chi connectivity index (χ3v) is 3.59. The lowest BCUT2D eigenvalue weighted by Crippen LogP contribution is -2.13. The van der Waals surface area contributed by atoms with Gasteiger partial charge < -0.3 is 9.25 Å². The molecule has 0 bridgehead atoms. The second kappa shape index (κ2) is 6.98. The predicted molar refractivity (Wildman–Crippen MR) is 93.2 cm³/mol. The minimum absolute atomic E-state index is 0.0266. The number of carbonyl (C=O) groups is 1. The fourth-order valence-corrected chi connectivity index (χ4v) is 2.27. The fraction of sp³-hybridized carbons (Fsp3) is 0.0556. The van der Waals surface area contributed by atoms with Crippen LogP contribution in [-0.2, 0) is 4.84 Å². The Kier molecular flexibility index (Phi) is 4.57. The first-order valence-corrected chi connectivity index (χ1v) is 7.49. The number of hydrogen-bond donors (Lipinski definition) is 0. The lowest BCUT2D eigenvalue weighted by molar-refractivity contribution is -0.384. The van der Waals surface area contributed by atoms with E-state index in [0.717, 1.165) is 6.07 Å². The highest BCUT2D eigenvalue weighted by Crippen LogP contribution is 2.15. The smallest absolute Gasteiger partial charge is 0.365 e. The highest BCUT2D eigenvalue weighted by atomic mass is 16.7. The lowest BCUT2D eigenvalue weighted by atomic mass is 10.1. The molecule has 8 heteroatoms. The monoisotopic (exact) mass is 352 g/mol. The number of carbonyl (C=O) groups excluding carboxylic acids is 1. The van der Waals surface area contributed by atoms with Crippen LogP contribution in [0.2, 0.25) is 0 Å². The largest absolute Gasteiger partial charge is 0.422 e. The van der Waals surface area contributed by atoms with Crippen LogP contribution in [0.5, 0.6) is 0 Å². The Bertz CT molecular complexity index is 1100. The molecule has 0 radical (unpaired) electrons. The first-order valence-electron chi connectivity index (χ1n) is 7.49. The number of nitrogens with zero attached hydrogens (tertiary/aromatic N) is 2. The van der Waals surface area contributed by atoms with Crippen LogP contribution < -0.4 is 5.63 Å². The van der Waals surface area contributed by atoms with E-state index >= 15 is 0 Å². The molecule has 0 aliphatic rings. The van der Waals surface area contributed by atoms with E-state index in [9.17, 15) is 19.7 Å². The van der Waals surface area contributed by atoms with Crippen LogP contribution in [0, 0.1) is 10.1 Å². The lowest BCUT2D eigenvalue weighted by Gasteiger charge is -2.02. The van der Waals surface area contributed by atoms with Gasteiger partial charge in [0.15, 0.2) is 0 Å². The van der Waals surface area contributed by atoms with Crippen molar-refractivity contribution in [2.24, 2.45) is 5.16 Å². The van der Waals surface area contributed by atoms with Gasteiger partial charge in [-0.2, -0.15) is 0 Å². The van der Waals surface area contributed by atoms with Crippen molar-refractivity contribution < 1.29 is 19.0 Å². The molecule has 1 heterocycles.